The molecule has 136 valence electrons. The standard InChI is InChI=1S/C18H31N3O3/c1-12(2)6-7-19-14(22)10-21-15(23)18(20-16(21)24)9-13(3)8-17(4,5)11-18/h12-13H,6-11H2,1-5H3,(H,19,22)(H,20,24)/t13-,18+/m1/s1. The molecule has 6 heteroatoms. The highest BCUT2D eigenvalue weighted by molar-refractivity contribution is 6.09. The molecular weight excluding hydrogens is 306 g/mol. The number of imide groups is 1. The molecule has 2 N–H and O–H groups in total. The molecule has 2 atom stereocenters. The van der Waals surface area contributed by atoms with Crippen molar-refractivity contribution in [3.8, 4) is 0 Å². The molecule has 2 fully saturated rings. The minimum atomic E-state index is -0.837. The van der Waals surface area contributed by atoms with E-state index in [0.29, 0.717) is 31.2 Å². The largest absolute Gasteiger partial charge is 0.355 e. The number of rotatable bonds is 5. The molecule has 0 bridgehead atoms. The molecule has 0 unspecified atom stereocenters. The zero-order chi connectivity index (χ0) is 18.1. The van der Waals surface area contributed by atoms with E-state index in [-0.39, 0.29) is 23.8 Å². The van der Waals surface area contributed by atoms with Crippen LogP contribution in [0.2, 0.25) is 0 Å². The topological polar surface area (TPSA) is 78.5 Å². The Morgan fingerprint density at radius 3 is 2.58 bits per heavy atom. The summed E-state index contributed by atoms with van der Waals surface area (Å²) in [6.07, 6.45) is 3.18. The van der Waals surface area contributed by atoms with E-state index in [1.54, 1.807) is 0 Å². The SMILES string of the molecule is CC(C)CCNC(=O)CN1C(=O)N[C@]2(C[C@H](C)CC(C)(C)C2)C1=O. The average Bonchev–Trinajstić information content (AvgIpc) is 2.60. The molecule has 0 aromatic rings. The summed E-state index contributed by atoms with van der Waals surface area (Å²) >= 11 is 0. The molecule has 2 aliphatic rings. The van der Waals surface area contributed by atoms with Gasteiger partial charge in [-0.25, -0.2) is 4.79 Å². The third-order valence-corrected chi connectivity index (χ3v) is 4.97. The van der Waals surface area contributed by atoms with E-state index in [2.05, 4.69) is 45.3 Å². The van der Waals surface area contributed by atoms with E-state index in [0.717, 1.165) is 17.7 Å². The highest BCUT2D eigenvalue weighted by Gasteiger charge is 2.56. The third-order valence-electron chi connectivity index (χ3n) is 4.97. The maximum absolute atomic E-state index is 12.9. The first-order valence-corrected chi connectivity index (χ1v) is 8.95. The number of nitrogens with zero attached hydrogens (tertiary/aromatic N) is 1. The van der Waals surface area contributed by atoms with Gasteiger partial charge in [0, 0.05) is 6.54 Å². The summed E-state index contributed by atoms with van der Waals surface area (Å²) < 4.78 is 0. The summed E-state index contributed by atoms with van der Waals surface area (Å²) in [6, 6.07) is -0.441. The van der Waals surface area contributed by atoms with Gasteiger partial charge in [0.25, 0.3) is 5.91 Å². The fraction of sp³-hybridized carbons (Fsp3) is 0.833. The molecule has 0 radical (unpaired) electrons. The fourth-order valence-corrected chi connectivity index (χ4v) is 4.35. The second-order valence-corrected chi connectivity index (χ2v) is 8.79. The van der Waals surface area contributed by atoms with Crippen molar-refractivity contribution in [3.63, 3.8) is 0 Å². The van der Waals surface area contributed by atoms with Gasteiger partial charge in [0.05, 0.1) is 0 Å². The summed E-state index contributed by atoms with van der Waals surface area (Å²) in [5, 5.41) is 5.68. The van der Waals surface area contributed by atoms with Crippen molar-refractivity contribution < 1.29 is 14.4 Å². The monoisotopic (exact) mass is 337 g/mol. The predicted molar refractivity (Wildman–Crippen MR) is 92.2 cm³/mol. The van der Waals surface area contributed by atoms with Gasteiger partial charge >= 0.3 is 6.03 Å². The first-order chi connectivity index (χ1) is 11.0. The Kier molecular flexibility index (Phi) is 5.25. The van der Waals surface area contributed by atoms with E-state index in [9.17, 15) is 14.4 Å². The van der Waals surface area contributed by atoms with Crippen molar-refractivity contribution in [1.29, 1.82) is 0 Å². The van der Waals surface area contributed by atoms with Gasteiger partial charge in [-0.1, -0.05) is 34.6 Å². The second kappa shape index (κ2) is 6.73. The smallest absolute Gasteiger partial charge is 0.325 e. The molecule has 1 aliphatic heterocycles. The van der Waals surface area contributed by atoms with Crippen LogP contribution in [0.1, 0.15) is 60.3 Å². The Labute approximate surface area is 144 Å². The van der Waals surface area contributed by atoms with E-state index in [4.69, 9.17) is 0 Å². The number of urea groups is 1. The Hall–Kier alpha value is -1.59. The molecule has 0 aromatic heterocycles. The Balaban J connectivity index is 2.02. The van der Waals surface area contributed by atoms with E-state index in [1.807, 2.05) is 0 Å². The number of hydrogen-bond donors (Lipinski definition) is 2. The summed E-state index contributed by atoms with van der Waals surface area (Å²) in [4.78, 5) is 38.3. The highest BCUT2D eigenvalue weighted by atomic mass is 16.2. The second-order valence-electron chi connectivity index (χ2n) is 8.79. The van der Waals surface area contributed by atoms with Crippen molar-refractivity contribution in [2.75, 3.05) is 13.1 Å². The van der Waals surface area contributed by atoms with Crippen molar-refractivity contribution in [2.24, 2.45) is 17.3 Å². The molecule has 6 nitrogen and oxygen atoms in total. The molecule has 1 heterocycles. The number of carbonyl (C=O) groups is 3. The van der Waals surface area contributed by atoms with Crippen LogP contribution >= 0.6 is 0 Å². The lowest BCUT2D eigenvalue weighted by molar-refractivity contribution is -0.137. The molecule has 24 heavy (non-hydrogen) atoms. The van der Waals surface area contributed by atoms with E-state index >= 15 is 0 Å². The lowest BCUT2D eigenvalue weighted by Crippen LogP contribution is -2.54. The van der Waals surface area contributed by atoms with Gasteiger partial charge in [0.1, 0.15) is 12.1 Å². The molecular formula is C18H31N3O3. The first kappa shape index (κ1) is 18.7. The van der Waals surface area contributed by atoms with E-state index < -0.39 is 11.6 Å². The molecule has 0 aromatic carbocycles. The van der Waals surface area contributed by atoms with Gasteiger partial charge in [-0.05, 0) is 42.9 Å². The van der Waals surface area contributed by atoms with Crippen LogP contribution in [0.3, 0.4) is 0 Å². The molecule has 2 rings (SSSR count). The van der Waals surface area contributed by atoms with Crippen LogP contribution in [-0.2, 0) is 9.59 Å². The minimum Gasteiger partial charge on any atom is -0.355 e. The number of carbonyl (C=O) groups excluding carboxylic acids is 3. The lowest BCUT2D eigenvalue weighted by Gasteiger charge is -2.43. The molecule has 1 spiro atoms. The lowest BCUT2D eigenvalue weighted by atomic mass is 9.64. The zero-order valence-corrected chi connectivity index (χ0v) is 15.6. The van der Waals surface area contributed by atoms with Gasteiger partial charge in [-0.2, -0.15) is 0 Å². The normalized spacial score (nSPS) is 29.2. The van der Waals surface area contributed by atoms with Crippen molar-refractivity contribution >= 4 is 17.8 Å². The number of amides is 4. The van der Waals surface area contributed by atoms with Gasteiger partial charge in [-0.3, -0.25) is 14.5 Å². The molecule has 1 saturated heterocycles. The number of hydrogen-bond acceptors (Lipinski definition) is 3. The third kappa shape index (κ3) is 4.08. The Morgan fingerprint density at radius 2 is 2.00 bits per heavy atom. The van der Waals surface area contributed by atoms with Gasteiger partial charge in [-0.15, -0.1) is 0 Å². The first-order valence-electron chi connectivity index (χ1n) is 8.95. The Bertz CT molecular complexity index is 530. The van der Waals surface area contributed by atoms with Gasteiger partial charge in [0.2, 0.25) is 5.91 Å². The van der Waals surface area contributed by atoms with E-state index in [1.165, 1.54) is 0 Å². The van der Waals surface area contributed by atoms with Crippen LogP contribution in [0, 0.1) is 17.3 Å². The summed E-state index contributed by atoms with van der Waals surface area (Å²) in [6.45, 7) is 10.9. The quantitative estimate of drug-likeness (QED) is 0.756. The molecule has 1 aliphatic carbocycles. The van der Waals surface area contributed by atoms with Gasteiger partial charge < -0.3 is 10.6 Å². The predicted octanol–water partition coefficient (Wildman–Crippen LogP) is 2.29. The van der Waals surface area contributed by atoms with Crippen LogP contribution < -0.4 is 10.6 Å². The highest BCUT2D eigenvalue weighted by Crippen LogP contribution is 2.46. The maximum atomic E-state index is 12.9. The summed E-state index contributed by atoms with van der Waals surface area (Å²) in [5.41, 5.74) is -0.841. The van der Waals surface area contributed by atoms with Crippen LogP contribution in [0.15, 0.2) is 0 Å². The Morgan fingerprint density at radius 1 is 1.33 bits per heavy atom. The van der Waals surface area contributed by atoms with Crippen LogP contribution in [-0.4, -0.2) is 41.4 Å². The maximum Gasteiger partial charge on any atom is 0.325 e. The molecule has 1 saturated carbocycles. The number of nitrogens with one attached hydrogen (secondary N) is 2. The van der Waals surface area contributed by atoms with Gasteiger partial charge in [0.15, 0.2) is 0 Å². The summed E-state index contributed by atoms with van der Waals surface area (Å²) in [7, 11) is 0. The van der Waals surface area contributed by atoms with Crippen LogP contribution in [0.5, 0.6) is 0 Å². The van der Waals surface area contributed by atoms with Crippen molar-refractivity contribution in [3.05, 3.63) is 0 Å². The van der Waals surface area contributed by atoms with Crippen molar-refractivity contribution in [1.82, 2.24) is 15.5 Å². The summed E-state index contributed by atoms with van der Waals surface area (Å²) in [5.74, 6) is 0.333. The fourth-order valence-electron chi connectivity index (χ4n) is 4.35. The minimum absolute atomic E-state index is 0.00383. The average molecular weight is 337 g/mol. The van der Waals surface area contributed by atoms with Crippen LogP contribution in [0.25, 0.3) is 0 Å². The van der Waals surface area contributed by atoms with Crippen molar-refractivity contribution in [2.45, 2.75) is 65.8 Å². The van der Waals surface area contributed by atoms with Crippen LogP contribution in [0.4, 0.5) is 4.79 Å². The molecule has 4 amide bonds. The zero-order valence-electron chi connectivity index (χ0n) is 15.6.